The number of nitrogens with zero attached hydrogens (tertiary/aromatic N) is 4. The first-order valence-electron chi connectivity index (χ1n) is 9.96. The van der Waals surface area contributed by atoms with Crippen molar-refractivity contribution in [3.8, 4) is 11.3 Å². The number of nitrogens with one attached hydrogen (secondary N) is 1. The predicted molar refractivity (Wildman–Crippen MR) is 121 cm³/mol. The largest absolute Gasteiger partial charge is 0.368 e. The van der Waals surface area contributed by atoms with Gasteiger partial charge in [0.2, 0.25) is 5.91 Å². The summed E-state index contributed by atoms with van der Waals surface area (Å²) in [7, 11) is 0. The van der Waals surface area contributed by atoms with Crippen LogP contribution >= 0.6 is 11.3 Å². The molecular weight excluding hydrogens is 412 g/mol. The summed E-state index contributed by atoms with van der Waals surface area (Å²) in [6.45, 7) is 0.495. The lowest BCUT2D eigenvalue weighted by Crippen LogP contribution is -2.40. The molecule has 1 aliphatic heterocycles. The van der Waals surface area contributed by atoms with E-state index in [4.69, 9.17) is 5.73 Å². The molecule has 9 heteroatoms. The van der Waals surface area contributed by atoms with Gasteiger partial charge < -0.3 is 11.1 Å². The van der Waals surface area contributed by atoms with Crippen LogP contribution in [-0.2, 0) is 16.0 Å². The maximum Gasteiger partial charge on any atom is 0.267 e. The minimum Gasteiger partial charge on any atom is -0.368 e. The quantitative estimate of drug-likeness (QED) is 0.529. The number of pyridine rings is 1. The number of carbonyl (C=O) groups excluding carboxylic acids is 2. The Balaban J connectivity index is 1.30. The van der Waals surface area contributed by atoms with Gasteiger partial charge in [-0.05, 0) is 30.7 Å². The second-order valence-electron chi connectivity index (χ2n) is 7.07. The minimum absolute atomic E-state index is 0.192. The van der Waals surface area contributed by atoms with Crippen LogP contribution in [0, 0.1) is 0 Å². The number of anilines is 1. The molecule has 0 aliphatic carbocycles. The van der Waals surface area contributed by atoms with E-state index in [0.717, 1.165) is 34.8 Å². The van der Waals surface area contributed by atoms with Crippen LogP contribution in [0.4, 0.5) is 5.69 Å². The molecule has 0 fully saturated rings. The molecule has 0 saturated heterocycles. The number of carbonyl (C=O) groups is 2. The van der Waals surface area contributed by atoms with Crippen molar-refractivity contribution in [2.75, 3.05) is 11.6 Å². The number of rotatable bonds is 8. The summed E-state index contributed by atoms with van der Waals surface area (Å²) in [6, 6.07) is 12.4. The van der Waals surface area contributed by atoms with Crippen LogP contribution in [0.5, 0.6) is 0 Å². The number of aromatic nitrogens is 2. The van der Waals surface area contributed by atoms with Gasteiger partial charge in [-0.25, -0.2) is 4.98 Å². The maximum atomic E-state index is 12.6. The first-order chi connectivity index (χ1) is 15.1. The van der Waals surface area contributed by atoms with Crippen LogP contribution in [0.2, 0.25) is 0 Å². The molecule has 3 N–H and O–H groups in total. The van der Waals surface area contributed by atoms with E-state index in [1.54, 1.807) is 23.7 Å². The maximum absolute atomic E-state index is 12.6. The fraction of sp³-hybridized carbons (Fsp3) is 0.227. The molecule has 0 spiro atoms. The summed E-state index contributed by atoms with van der Waals surface area (Å²) in [5, 5.41) is 11.8. The third kappa shape index (κ3) is 4.95. The third-order valence-corrected chi connectivity index (χ3v) is 5.81. The lowest BCUT2D eigenvalue weighted by Gasteiger charge is -2.20. The van der Waals surface area contributed by atoms with E-state index < -0.39 is 11.9 Å². The SMILES string of the molecule is NC(=O)C1CC(C(=O)NCCCc2nc(-c3ccncc3)cs2)=NN1c1ccccc1. The van der Waals surface area contributed by atoms with Crippen molar-refractivity contribution in [2.45, 2.75) is 25.3 Å². The van der Waals surface area contributed by atoms with Gasteiger partial charge in [0, 0.05) is 42.7 Å². The number of primary amides is 1. The summed E-state index contributed by atoms with van der Waals surface area (Å²) in [6.07, 6.45) is 5.21. The number of hydrazone groups is 1. The highest BCUT2D eigenvalue weighted by Gasteiger charge is 2.34. The lowest BCUT2D eigenvalue weighted by molar-refractivity contribution is -0.119. The van der Waals surface area contributed by atoms with E-state index >= 15 is 0 Å². The number of hydrogen-bond donors (Lipinski definition) is 2. The minimum atomic E-state index is -0.662. The number of para-hydroxylation sites is 1. The Kier molecular flexibility index (Phi) is 6.32. The van der Waals surface area contributed by atoms with Crippen molar-refractivity contribution < 1.29 is 9.59 Å². The molecule has 4 rings (SSSR count). The van der Waals surface area contributed by atoms with Crippen molar-refractivity contribution in [3.63, 3.8) is 0 Å². The zero-order chi connectivity index (χ0) is 21.6. The Bertz CT molecular complexity index is 1080. The molecule has 1 unspecified atom stereocenters. The Morgan fingerprint density at radius 1 is 1.16 bits per heavy atom. The van der Waals surface area contributed by atoms with Gasteiger partial charge in [-0.15, -0.1) is 11.3 Å². The molecule has 158 valence electrons. The second-order valence-corrected chi connectivity index (χ2v) is 8.01. The molecule has 2 aromatic heterocycles. The summed E-state index contributed by atoms with van der Waals surface area (Å²) in [5.74, 6) is -0.787. The molecule has 3 heterocycles. The standard InChI is InChI=1S/C22H22N6O2S/c23-21(29)19-13-17(27-28(19)16-5-2-1-3-6-16)22(30)25-10-4-7-20-26-18(14-31-20)15-8-11-24-12-9-15/h1-3,5-6,8-9,11-12,14,19H,4,7,10,13H2,(H2,23,29)(H,25,30). The number of nitrogens with two attached hydrogens (primary N) is 1. The lowest BCUT2D eigenvalue weighted by atomic mass is 10.1. The van der Waals surface area contributed by atoms with E-state index in [1.807, 2.05) is 47.8 Å². The Morgan fingerprint density at radius 2 is 1.94 bits per heavy atom. The summed E-state index contributed by atoms with van der Waals surface area (Å²) in [5.41, 5.74) is 8.53. The van der Waals surface area contributed by atoms with Crippen LogP contribution in [0.3, 0.4) is 0 Å². The Labute approximate surface area is 183 Å². The fourth-order valence-electron chi connectivity index (χ4n) is 3.31. The van der Waals surface area contributed by atoms with Crippen LogP contribution < -0.4 is 16.1 Å². The molecule has 0 radical (unpaired) electrons. The number of benzene rings is 1. The summed E-state index contributed by atoms with van der Waals surface area (Å²) >= 11 is 1.60. The first kappa shape index (κ1) is 20.7. The average molecular weight is 435 g/mol. The van der Waals surface area contributed by atoms with Crippen LogP contribution in [0.15, 0.2) is 65.3 Å². The van der Waals surface area contributed by atoms with E-state index in [-0.39, 0.29) is 12.3 Å². The number of thiazole rings is 1. The Morgan fingerprint density at radius 3 is 2.68 bits per heavy atom. The van der Waals surface area contributed by atoms with E-state index in [9.17, 15) is 9.59 Å². The van der Waals surface area contributed by atoms with Gasteiger partial charge >= 0.3 is 0 Å². The highest BCUT2D eigenvalue weighted by molar-refractivity contribution is 7.09. The van der Waals surface area contributed by atoms with Crippen molar-refractivity contribution in [1.82, 2.24) is 15.3 Å². The predicted octanol–water partition coefficient (Wildman–Crippen LogP) is 2.37. The van der Waals surface area contributed by atoms with Crippen molar-refractivity contribution in [1.29, 1.82) is 0 Å². The van der Waals surface area contributed by atoms with Gasteiger partial charge in [-0.2, -0.15) is 5.10 Å². The van der Waals surface area contributed by atoms with Crippen molar-refractivity contribution >= 4 is 34.6 Å². The zero-order valence-electron chi connectivity index (χ0n) is 16.8. The van der Waals surface area contributed by atoms with Gasteiger partial charge in [0.05, 0.1) is 16.4 Å². The molecule has 1 aliphatic rings. The number of aryl methyl sites for hydroxylation is 1. The molecular formula is C22H22N6O2S. The van der Waals surface area contributed by atoms with Gasteiger partial charge in [-0.1, -0.05) is 18.2 Å². The normalized spacial score (nSPS) is 15.5. The second kappa shape index (κ2) is 9.48. The third-order valence-electron chi connectivity index (χ3n) is 4.90. The monoisotopic (exact) mass is 434 g/mol. The molecule has 8 nitrogen and oxygen atoms in total. The molecule has 1 aromatic carbocycles. The van der Waals surface area contributed by atoms with E-state index in [2.05, 4.69) is 20.4 Å². The highest BCUT2D eigenvalue weighted by atomic mass is 32.1. The molecule has 1 atom stereocenters. The smallest absolute Gasteiger partial charge is 0.267 e. The number of hydrogen-bond acceptors (Lipinski definition) is 7. The van der Waals surface area contributed by atoms with Gasteiger partial charge in [0.15, 0.2) is 0 Å². The van der Waals surface area contributed by atoms with Crippen molar-refractivity contribution in [2.24, 2.45) is 10.8 Å². The molecule has 3 aromatic rings. The van der Waals surface area contributed by atoms with Gasteiger partial charge in [-0.3, -0.25) is 19.6 Å². The summed E-state index contributed by atoms with van der Waals surface area (Å²) in [4.78, 5) is 33.1. The summed E-state index contributed by atoms with van der Waals surface area (Å²) < 4.78 is 0. The van der Waals surface area contributed by atoms with Crippen LogP contribution in [0.1, 0.15) is 17.8 Å². The molecule has 31 heavy (non-hydrogen) atoms. The first-order valence-corrected chi connectivity index (χ1v) is 10.8. The van der Waals surface area contributed by atoms with E-state index in [1.165, 1.54) is 5.01 Å². The van der Waals surface area contributed by atoms with Gasteiger partial charge in [0.1, 0.15) is 11.8 Å². The van der Waals surface area contributed by atoms with Crippen molar-refractivity contribution in [3.05, 3.63) is 65.2 Å². The highest BCUT2D eigenvalue weighted by Crippen LogP contribution is 2.24. The topological polar surface area (TPSA) is 114 Å². The fourth-order valence-corrected chi connectivity index (χ4v) is 4.16. The average Bonchev–Trinajstić information content (AvgIpc) is 3.46. The molecule has 0 bridgehead atoms. The Hall–Kier alpha value is -3.59. The zero-order valence-corrected chi connectivity index (χ0v) is 17.6. The van der Waals surface area contributed by atoms with Gasteiger partial charge in [0.25, 0.3) is 5.91 Å². The van der Waals surface area contributed by atoms with Crippen LogP contribution in [-0.4, -0.2) is 40.1 Å². The van der Waals surface area contributed by atoms with Crippen LogP contribution in [0.25, 0.3) is 11.3 Å². The van der Waals surface area contributed by atoms with E-state index in [0.29, 0.717) is 12.3 Å². The molecule has 2 amide bonds. The molecule has 0 saturated carbocycles. The number of amides is 2.